The van der Waals surface area contributed by atoms with Gasteiger partial charge in [0, 0.05) is 32.7 Å². The third-order valence-corrected chi connectivity index (χ3v) is 7.51. The Morgan fingerprint density at radius 3 is 2.26 bits per heavy atom. The van der Waals surface area contributed by atoms with Crippen LogP contribution in [0.25, 0.3) is 11.1 Å². The molecule has 2 heterocycles. The molecule has 4 rings (SSSR count). The van der Waals surface area contributed by atoms with Crippen LogP contribution in [0.1, 0.15) is 22.5 Å². The average Bonchev–Trinajstić information content (AvgIpc) is 2.91. The van der Waals surface area contributed by atoms with Crippen LogP contribution in [0.15, 0.2) is 54.6 Å². The minimum Gasteiger partial charge on any atom is -0.508 e. The van der Waals surface area contributed by atoms with Crippen molar-refractivity contribution in [2.45, 2.75) is 25.5 Å². The minimum atomic E-state index is -4.89. The SMILES string of the molecule is O=C(NS(=O)(=O)CCC(F)(F)F)c1ccc(N2CCN(Cc3cc(OC(F)(F)F)cc(-c4cccc(O)c4)c3)CC2)nn1. The van der Waals surface area contributed by atoms with Crippen molar-refractivity contribution in [1.82, 2.24) is 19.8 Å². The lowest BCUT2D eigenvalue weighted by molar-refractivity contribution is -0.274. The van der Waals surface area contributed by atoms with E-state index in [9.17, 15) is 44.7 Å². The van der Waals surface area contributed by atoms with Gasteiger partial charge in [0.2, 0.25) is 10.0 Å². The van der Waals surface area contributed by atoms with Crippen LogP contribution in [0, 0.1) is 0 Å². The molecule has 17 heteroatoms. The summed E-state index contributed by atoms with van der Waals surface area (Å²) in [5.41, 5.74) is 1.09. The third-order valence-electron chi connectivity index (χ3n) is 6.27. The second kappa shape index (κ2) is 12.6. The van der Waals surface area contributed by atoms with Crippen LogP contribution < -0.4 is 14.4 Å². The van der Waals surface area contributed by atoms with Gasteiger partial charge < -0.3 is 14.7 Å². The maximum Gasteiger partial charge on any atom is 0.573 e. The Morgan fingerprint density at radius 1 is 0.930 bits per heavy atom. The summed E-state index contributed by atoms with van der Waals surface area (Å²) >= 11 is 0. The van der Waals surface area contributed by atoms with E-state index in [-0.39, 0.29) is 5.75 Å². The molecule has 10 nitrogen and oxygen atoms in total. The van der Waals surface area contributed by atoms with E-state index in [1.807, 2.05) is 9.80 Å². The number of hydrogen-bond acceptors (Lipinski definition) is 9. The van der Waals surface area contributed by atoms with Gasteiger partial charge in [0.05, 0.1) is 12.2 Å². The van der Waals surface area contributed by atoms with Gasteiger partial charge in [-0.15, -0.1) is 23.4 Å². The van der Waals surface area contributed by atoms with Crippen molar-refractivity contribution in [3.63, 3.8) is 0 Å². The molecular formula is C26H25F6N5O5S. The monoisotopic (exact) mass is 633 g/mol. The number of aromatic nitrogens is 2. The van der Waals surface area contributed by atoms with Crippen LogP contribution in [-0.4, -0.2) is 79.0 Å². The lowest BCUT2D eigenvalue weighted by Gasteiger charge is -2.35. The maximum atomic E-state index is 13.0. The second-order valence-electron chi connectivity index (χ2n) is 9.62. The van der Waals surface area contributed by atoms with Gasteiger partial charge in [-0.3, -0.25) is 9.69 Å². The van der Waals surface area contributed by atoms with Crippen molar-refractivity contribution in [2.24, 2.45) is 0 Å². The highest BCUT2D eigenvalue weighted by molar-refractivity contribution is 7.90. The fraction of sp³-hybridized carbons (Fsp3) is 0.346. The molecule has 1 amide bonds. The number of alkyl halides is 6. The van der Waals surface area contributed by atoms with E-state index in [1.54, 1.807) is 18.2 Å². The zero-order chi connectivity index (χ0) is 31.4. The third kappa shape index (κ3) is 9.71. The van der Waals surface area contributed by atoms with E-state index in [0.29, 0.717) is 55.2 Å². The largest absolute Gasteiger partial charge is 0.573 e. The van der Waals surface area contributed by atoms with E-state index in [2.05, 4.69) is 14.9 Å². The summed E-state index contributed by atoms with van der Waals surface area (Å²) in [7, 11) is -4.54. The summed E-state index contributed by atoms with van der Waals surface area (Å²) in [6, 6.07) is 13.0. The normalized spacial score (nSPS) is 14.9. The number of hydrogen-bond donors (Lipinski definition) is 2. The number of carbonyl (C=O) groups excluding carboxylic acids is 1. The lowest BCUT2D eigenvalue weighted by Crippen LogP contribution is -2.46. The highest BCUT2D eigenvalue weighted by Crippen LogP contribution is 2.32. The fourth-order valence-corrected chi connectivity index (χ4v) is 5.29. The van der Waals surface area contributed by atoms with Gasteiger partial charge in [-0.2, -0.15) is 13.2 Å². The molecule has 0 radical (unpaired) electrons. The number of carbonyl (C=O) groups is 1. The molecule has 0 bridgehead atoms. The van der Waals surface area contributed by atoms with E-state index >= 15 is 0 Å². The predicted octanol–water partition coefficient (Wildman–Crippen LogP) is 4.08. The molecule has 0 aliphatic carbocycles. The van der Waals surface area contributed by atoms with Crippen LogP contribution in [-0.2, 0) is 16.6 Å². The summed E-state index contributed by atoms with van der Waals surface area (Å²) in [6.07, 6.45) is -11.2. The van der Waals surface area contributed by atoms with E-state index in [1.165, 1.54) is 41.1 Å². The number of rotatable bonds is 9. The van der Waals surface area contributed by atoms with Gasteiger partial charge in [0.1, 0.15) is 11.5 Å². The number of halogens is 6. The Balaban J connectivity index is 1.37. The van der Waals surface area contributed by atoms with Gasteiger partial charge in [-0.05, 0) is 59.2 Å². The van der Waals surface area contributed by atoms with Crippen molar-refractivity contribution in [3.05, 3.63) is 65.9 Å². The first-order chi connectivity index (χ1) is 20.1. The van der Waals surface area contributed by atoms with Crippen molar-refractivity contribution in [1.29, 1.82) is 0 Å². The Hall–Kier alpha value is -4.12. The molecule has 0 saturated carbocycles. The molecule has 0 unspecified atom stereocenters. The maximum absolute atomic E-state index is 13.0. The molecular weight excluding hydrogens is 608 g/mol. The van der Waals surface area contributed by atoms with Crippen LogP contribution in [0.2, 0.25) is 0 Å². The number of sulfonamides is 1. The molecule has 1 saturated heterocycles. The number of benzene rings is 2. The average molecular weight is 634 g/mol. The number of amides is 1. The van der Waals surface area contributed by atoms with Crippen molar-refractivity contribution < 1.29 is 49.4 Å². The Morgan fingerprint density at radius 2 is 1.65 bits per heavy atom. The van der Waals surface area contributed by atoms with Crippen LogP contribution >= 0.6 is 0 Å². The van der Waals surface area contributed by atoms with E-state index in [4.69, 9.17) is 0 Å². The Bertz CT molecular complexity index is 1540. The first-order valence-electron chi connectivity index (χ1n) is 12.7. The number of nitrogens with zero attached hydrogens (tertiary/aromatic N) is 4. The lowest BCUT2D eigenvalue weighted by atomic mass is 10.0. The molecule has 1 aliphatic heterocycles. The van der Waals surface area contributed by atoms with Crippen molar-refractivity contribution >= 4 is 21.7 Å². The molecule has 0 spiro atoms. The molecule has 1 fully saturated rings. The van der Waals surface area contributed by atoms with Gasteiger partial charge in [-0.1, -0.05) is 12.1 Å². The number of ether oxygens (including phenoxy) is 1. The first kappa shape index (κ1) is 31.8. The van der Waals surface area contributed by atoms with E-state index < -0.39 is 52.1 Å². The summed E-state index contributed by atoms with van der Waals surface area (Å²) < 4.78 is 105. The second-order valence-corrected chi connectivity index (χ2v) is 11.5. The first-order valence-corrected chi connectivity index (χ1v) is 14.3. The Kier molecular flexibility index (Phi) is 9.34. The molecule has 1 aliphatic rings. The molecule has 1 aromatic heterocycles. The van der Waals surface area contributed by atoms with E-state index in [0.717, 1.165) is 0 Å². The van der Waals surface area contributed by atoms with Crippen LogP contribution in [0.3, 0.4) is 0 Å². The zero-order valence-electron chi connectivity index (χ0n) is 22.2. The van der Waals surface area contributed by atoms with Gasteiger partial charge in [-0.25, -0.2) is 13.1 Å². The number of phenolic OH excluding ortho intramolecular Hbond substituents is 1. The number of phenols is 1. The summed E-state index contributed by atoms with van der Waals surface area (Å²) in [4.78, 5) is 16.0. The highest BCUT2D eigenvalue weighted by atomic mass is 32.2. The van der Waals surface area contributed by atoms with Gasteiger partial charge >= 0.3 is 12.5 Å². The number of nitrogens with one attached hydrogen (secondary N) is 1. The Labute approximate surface area is 241 Å². The quantitative estimate of drug-likeness (QED) is 0.336. The fourth-order valence-electron chi connectivity index (χ4n) is 4.30. The minimum absolute atomic E-state index is 0.0416. The highest BCUT2D eigenvalue weighted by Gasteiger charge is 2.32. The standard InChI is InChI=1S/C26H25F6N5O5S/c27-25(28,29)6-11-43(40,41)35-24(39)22-4-5-23(34-33-22)37-9-7-36(8-10-37)16-17-12-19(18-2-1-3-20(38)14-18)15-21(13-17)42-26(30,31)32/h1-5,12-15,38H,6-11,16H2,(H,35,39). The summed E-state index contributed by atoms with van der Waals surface area (Å²) in [5, 5.41) is 17.4. The molecule has 232 valence electrons. The number of piperazine rings is 1. The zero-order valence-corrected chi connectivity index (χ0v) is 23.0. The predicted molar refractivity (Wildman–Crippen MR) is 142 cm³/mol. The van der Waals surface area contributed by atoms with Crippen LogP contribution in [0.5, 0.6) is 11.5 Å². The molecule has 2 aromatic carbocycles. The van der Waals surface area contributed by atoms with Gasteiger partial charge in [0.25, 0.3) is 5.91 Å². The molecule has 0 atom stereocenters. The summed E-state index contributed by atoms with van der Waals surface area (Å²) in [5.74, 6) is -2.60. The molecule has 3 aromatic rings. The number of aromatic hydroxyl groups is 1. The smallest absolute Gasteiger partial charge is 0.508 e. The molecule has 43 heavy (non-hydrogen) atoms. The molecule has 2 N–H and O–H groups in total. The van der Waals surface area contributed by atoms with Crippen LogP contribution in [0.4, 0.5) is 32.2 Å². The van der Waals surface area contributed by atoms with Crippen molar-refractivity contribution in [2.75, 3.05) is 36.8 Å². The summed E-state index contributed by atoms with van der Waals surface area (Å²) in [6.45, 7) is 2.12. The van der Waals surface area contributed by atoms with Crippen molar-refractivity contribution in [3.8, 4) is 22.6 Å². The number of anilines is 1. The topological polar surface area (TPSA) is 125 Å². The van der Waals surface area contributed by atoms with Gasteiger partial charge in [0.15, 0.2) is 11.5 Å².